The number of carbonyl (C=O) groups excluding carboxylic acids is 2. The molecular weight excluding hydrogens is 372 g/mol. The summed E-state index contributed by atoms with van der Waals surface area (Å²) >= 11 is 6.02. The molecule has 0 aromatic heterocycles. The Morgan fingerprint density at radius 2 is 1.93 bits per heavy atom. The molecule has 1 aliphatic rings. The number of halogens is 1. The van der Waals surface area contributed by atoms with Crippen LogP contribution in [0.2, 0.25) is 5.02 Å². The largest absolute Gasteiger partial charge is 0.342 e. The molecule has 3 rings (SSSR count). The van der Waals surface area contributed by atoms with Crippen molar-refractivity contribution < 1.29 is 9.59 Å². The average Bonchev–Trinajstić information content (AvgIpc) is 3.00. The summed E-state index contributed by atoms with van der Waals surface area (Å²) in [6.45, 7) is 7.42. The van der Waals surface area contributed by atoms with E-state index in [-0.39, 0.29) is 29.6 Å². The molecule has 1 aliphatic heterocycles. The molecule has 2 aromatic rings. The second-order valence-electron chi connectivity index (χ2n) is 8.41. The lowest BCUT2D eigenvalue weighted by atomic mass is 9.85. The van der Waals surface area contributed by atoms with E-state index in [1.165, 1.54) is 0 Å². The zero-order valence-corrected chi connectivity index (χ0v) is 17.4. The maximum absolute atomic E-state index is 12.8. The van der Waals surface area contributed by atoms with Crippen molar-refractivity contribution in [2.24, 2.45) is 5.92 Å². The molecule has 1 N–H and O–H groups in total. The molecule has 148 valence electrons. The fourth-order valence-electron chi connectivity index (χ4n) is 3.60. The van der Waals surface area contributed by atoms with Crippen LogP contribution >= 0.6 is 11.6 Å². The molecule has 2 amide bonds. The van der Waals surface area contributed by atoms with Gasteiger partial charge in [0.1, 0.15) is 0 Å². The summed E-state index contributed by atoms with van der Waals surface area (Å²) < 4.78 is 0. The van der Waals surface area contributed by atoms with E-state index in [1.807, 2.05) is 48.5 Å². The lowest BCUT2D eigenvalue weighted by molar-refractivity contribution is -0.128. The maximum Gasteiger partial charge on any atom is 0.229 e. The van der Waals surface area contributed by atoms with Crippen molar-refractivity contribution in [3.8, 4) is 0 Å². The predicted molar refractivity (Wildman–Crippen MR) is 114 cm³/mol. The molecule has 28 heavy (non-hydrogen) atoms. The van der Waals surface area contributed by atoms with Gasteiger partial charge in [-0.15, -0.1) is 0 Å². The van der Waals surface area contributed by atoms with E-state index in [1.54, 1.807) is 4.90 Å². The number of benzene rings is 2. The zero-order valence-electron chi connectivity index (χ0n) is 16.7. The van der Waals surface area contributed by atoms with Crippen LogP contribution in [0.25, 0.3) is 0 Å². The minimum atomic E-state index is -0.320. The molecule has 0 spiro atoms. The van der Waals surface area contributed by atoms with Crippen LogP contribution < -0.4 is 5.32 Å². The maximum atomic E-state index is 12.8. The van der Waals surface area contributed by atoms with Crippen LogP contribution in [-0.2, 0) is 21.4 Å². The van der Waals surface area contributed by atoms with Crippen LogP contribution in [0.3, 0.4) is 0 Å². The quantitative estimate of drug-likeness (QED) is 0.795. The number of hydrogen-bond donors (Lipinski definition) is 1. The Morgan fingerprint density at radius 1 is 1.18 bits per heavy atom. The van der Waals surface area contributed by atoms with Gasteiger partial charge in [0.25, 0.3) is 0 Å². The highest BCUT2D eigenvalue weighted by atomic mass is 35.5. The van der Waals surface area contributed by atoms with E-state index in [0.29, 0.717) is 18.1 Å². The molecule has 1 heterocycles. The van der Waals surface area contributed by atoms with Gasteiger partial charge in [-0.25, -0.2) is 0 Å². The first-order chi connectivity index (χ1) is 13.2. The molecule has 5 heteroatoms. The second kappa shape index (κ2) is 8.36. The van der Waals surface area contributed by atoms with Gasteiger partial charge in [0.05, 0.1) is 5.92 Å². The van der Waals surface area contributed by atoms with Crippen molar-refractivity contribution in [1.82, 2.24) is 4.90 Å². The molecule has 1 saturated heterocycles. The van der Waals surface area contributed by atoms with E-state index >= 15 is 0 Å². The van der Waals surface area contributed by atoms with Gasteiger partial charge < -0.3 is 10.2 Å². The minimum absolute atomic E-state index is 0.0336. The number of para-hydroxylation sites is 1. The fourth-order valence-corrected chi connectivity index (χ4v) is 3.81. The van der Waals surface area contributed by atoms with Gasteiger partial charge in [-0.2, -0.15) is 0 Å². The van der Waals surface area contributed by atoms with Gasteiger partial charge in [0, 0.05) is 30.2 Å². The summed E-state index contributed by atoms with van der Waals surface area (Å²) in [4.78, 5) is 27.0. The Bertz CT molecular complexity index is 873. The first-order valence-corrected chi connectivity index (χ1v) is 10.0. The van der Waals surface area contributed by atoms with E-state index in [0.717, 1.165) is 23.2 Å². The standard InChI is InChI=1S/C23H27ClN2O2/c1-23(2,3)19-9-4-5-10-20(19)25-22(28)17-14-21(27)26(15-17)12-11-16-7-6-8-18(24)13-16/h4-10,13,17H,11-12,14-15H2,1-3H3,(H,25,28). The Hall–Kier alpha value is -2.33. The monoisotopic (exact) mass is 398 g/mol. The number of likely N-dealkylation sites (tertiary alicyclic amines) is 1. The van der Waals surface area contributed by atoms with Crippen LogP contribution in [0.4, 0.5) is 5.69 Å². The van der Waals surface area contributed by atoms with E-state index in [9.17, 15) is 9.59 Å². The number of anilines is 1. The Kier molecular flexibility index (Phi) is 6.09. The lowest BCUT2D eigenvalue weighted by Crippen LogP contribution is -2.30. The molecule has 0 bridgehead atoms. The van der Waals surface area contributed by atoms with Gasteiger partial charge in [-0.3, -0.25) is 9.59 Å². The van der Waals surface area contributed by atoms with Gasteiger partial charge in [0.15, 0.2) is 0 Å². The molecule has 1 fully saturated rings. The topological polar surface area (TPSA) is 49.4 Å². The smallest absolute Gasteiger partial charge is 0.229 e. The lowest BCUT2D eigenvalue weighted by Gasteiger charge is -2.23. The van der Waals surface area contributed by atoms with Crippen LogP contribution in [0.15, 0.2) is 48.5 Å². The third kappa shape index (κ3) is 4.93. The highest BCUT2D eigenvalue weighted by Crippen LogP contribution is 2.30. The van der Waals surface area contributed by atoms with E-state index < -0.39 is 0 Å². The van der Waals surface area contributed by atoms with E-state index in [4.69, 9.17) is 11.6 Å². The Labute approximate surface area is 171 Å². The number of nitrogens with one attached hydrogen (secondary N) is 1. The summed E-state index contributed by atoms with van der Waals surface area (Å²) in [5, 5.41) is 3.74. The molecule has 1 unspecified atom stereocenters. The molecule has 0 radical (unpaired) electrons. The van der Waals surface area contributed by atoms with Crippen LogP contribution in [0, 0.1) is 5.92 Å². The first-order valence-electron chi connectivity index (χ1n) is 9.66. The third-order valence-corrected chi connectivity index (χ3v) is 5.37. The van der Waals surface area contributed by atoms with Crippen molar-refractivity contribution in [3.05, 3.63) is 64.7 Å². The molecule has 0 saturated carbocycles. The summed E-state index contributed by atoms with van der Waals surface area (Å²) in [6.07, 6.45) is 0.993. The minimum Gasteiger partial charge on any atom is -0.342 e. The third-order valence-electron chi connectivity index (χ3n) is 5.14. The normalized spacial score (nSPS) is 17.1. The predicted octanol–water partition coefficient (Wildman–Crippen LogP) is 4.67. The Morgan fingerprint density at radius 3 is 2.64 bits per heavy atom. The number of amides is 2. The van der Waals surface area contributed by atoms with Crippen LogP contribution in [-0.4, -0.2) is 29.8 Å². The van der Waals surface area contributed by atoms with Gasteiger partial charge >= 0.3 is 0 Å². The summed E-state index contributed by atoms with van der Waals surface area (Å²) in [6, 6.07) is 15.5. The molecule has 2 aromatic carbocycles. The molecule has 0 aliphatic carbocycles. The van der Waals surface area contributed by atoms with Crippen molar-refractivity contribution in [2.45, 2.75) is 39.0 Å². The highest BCUT2D eigenvalue weighted by Gasteiger charge is 2.34. The van der Waals surface area contributed by atoms with Crippen molar-refractivity contribution >= 4 is 29.1 Å². The van der Waals surface area contributed by atoms with E-state index in [2.05, 4.69) is 26.1 Å². The van der Waals surface area contributed by atoms with Gasteiger partial charge in [-0.05, 0) is 41.2 Å². The fraction of sp³-hybridized carbons (Fsp3) is 0.391. The molecular formula is C23H27ClN2O2. The first kappa shape index (κ1) is 20.4. The molecule has 1 atom stereocenters. The summed E-state index contributed by atoms with van der Waals surface area (Å²) in [7, 11) is 0. The van der Waals surface area contributed by atoms with Crippen molar-refractivity contribution in [2.75, 3.05) is 18.4 Å². The Balaban J connectivity index is 1.61. The van der Waals surface area contributed by atoms with Crippen LogP contribution in [0.5, 0.6) is 0 Å². The number of rotatable bonds is 5. The SMILES string of the molecule is CC(C)(C)c1ccccc1NC(=O)C1CC(=O)N(CCc2cccc(Cl)c2)C1. The summed E-state index contributed by atoms with van der Waals surface area (Å²) in [5.41, 5.74) is 2.93. The van der Waals surface area contributed by atoms with Gasteiger partial charge in [0.2, 0.25) is 11.8 Å². The summed E-state index contributed by atoms with van der Waals surface area (Å²) in [5.74, 6) is -0.374. The number of carbonyl (C=O) groups is 2. The van der Waals surface area contributed by atoms with Crippen molar-refractivity contribution in [3.63, 3.8) is 0 Å². The average molecular weight is 399 g/mol. The second-order valence-corrected chi connectivity index (χ2v) is 8.84. The van der Waals surface area contributed by atoms with Crippen molar-refractivity contribution in [1.29, 1.82) is 0 Å². The number of hydrogen-bond acceptors (Lipinski definition) is 2. The van der Waals surface area contributed by atoms with Crippen LogP contribution in [0.1, 0.15) is 38.3 Å². The van der Waals surface area contributed by atoms with Gasteiger partial charge in [-0.1, -0.05) is 62.7 Å². The number of nitrogens with zero attached hydrogens (tertiary/aromatic N) is 1. The highest BCUT2D eigenvalue weighted by molar-refractivity contribution is 6.30. The molecule has 4 nitrogen and oxygen atoms in total. The zero-order chi connectivity index (χ0) is 20.3.